The highest BCUT2D eigenvalue weighted by atomic mass is 32.1. The zero-order valence-corrected chi connectivity index (χ0v) is 12.5. The fourth-order valence-corrected chi connectivity index (χ4v) is 3.06. The molecule has 1 fully saturated rings. The normalized spacial score (nSPS) is 18.2. The maximum atomic E-state index is 5.37. The molecule has 1 aromatic rings. The monoisotopic (exact) mass is 268 g/mol. The van der Waals surface area contributed by atoms with E-state index in [-0.39, 0.29) is 5.41 Å². The van der Waals surface area contributed by atoms with Crippen LogP contribution in [0.5, 0.6) is 0 Å². The summed E-state index contributed by atoms with van der Waals surface area (Å²) >= 11 is 1.76. The smallest absolute Gasteiger partial charge is 0.107 e. The van der Waals surface area contributed by atoms with Crippen LogP contribution < -0.4 is 5.32 Å². The van der Waals surface area contributed by atoms with Crippen LogP contribution in [0.2, 0.25) is 0 Å². The molecule has 0 aromatic carbocycles. The number of nitrogens with zero attached hydrogens (tertiary/aromatic N) is 1. The van der Waals surface area contributed by atoms with Gasteiger partial charge in [0.05, 0.1) is 5.69 Å². The second-order valence-corrected chi connectivity index (χ2v) is 7.01. The molecular formula is C14H24N2OS. The summed E-state index contributed by atoms with van der Waals surface area (Å²) in [5.74, 6) is 0.779. The lowest BCUT2D eigenvalue weighted by atomic mass is 9.93. The molecule has 1 saturated heterocycles. The van der Waals surface area contributed by atoms with E-state index < -0.39 is 0 Å². The molecule has 0 saturated carbocycles. The Morgan fingerprint density at radius 1 is 1.39 bits per heavy atom. The molecule has 18 heavy (non-hydrogen) atoms. The highest BCUT2D eigenvalue weighted by molar-refractivity contribution is 7.09. The SMILES string of the molecule is CC(C)(C)c1csc(CNCC2CCOCC2)n1. The van der Waals surface area contributed by atoms with E-state index in [0.717, 1.165) is 32.2 Å². The van der Waals surface area contributed by atoms with Crippen LogP contribution in [0.3, 0.4) is 0 Å². The van der Waals surface area contributed by atoms with Crippen molar-refractivity contribution in [3.05, 3.63) is 16.1 Å². The standard InChI is InChI=1S/C14H24N2OS/c1-14(2,3)12-10-18-13(16-12)9-15-8-11-4-6-17-7-5-11/h10-11,15H,4-9H2,1-3H3. The van der Waals surface area contributed by atoms with Crippen LogP contribution >= 0.6 is 11.3 Å². The maximum absolute atomic E-state index is 5.37. The van der Waals surface area contributed by atoms with Gasteiger partial charge in [0.1, 0.15) is 5.01 Å². The van der Waals surface area contributed by atoms with E-state index in [1.54, 1.807) is 11.3 Å². The lowest BCUT2D eigenvalue weighted by molar-refractivity contribution is 0.0662. The Balaban J connectivity index is 1.74. The van der Waals surface area contributed by atoms with Gasteiger partial charge in [0, 0.05) is 30.6 Å². The van der Waals surface area contributed by atoms with Crippen molar-refractivity contribution in [2.24, 2.45) is 5.92 Å². The van der Waals surface area contributed by atoms with Gasteiger partial charge in [-0.05, 0) is 25.3 Å². The quantitative estimate of drug-likeness (QED) is 0.911. The average molecular weight is 268 g/mol. The zero-order chi connectivity index (χ0) is 13.0. The summed E-state index contributed by atoms with van der Waals surface area (Å²) in [6, 6.07) is 0. The van der Waals surface area contributed by atoms with E-state index in [0.29, 0.717) is 0 Å². The molecule has 0 aliphatic carbocycles. The number of thiazole rings is 1. The summed E-state index contributed by atoms with van der Waals surface area (Å²) in [5.41, 5.74) is 1.37. The van der Waals surface area contributed by atoms with Gasteiger partial charge in [0.2, 0.25) is 0 Å². The van der Waals surface area contributed by atoms with Crippen molar-refractivity contribution in [1.82, 2.24) is 10.3 Å². The highest BCUT2D eigenvalue weighted by Crippen LogP contribution is 2.23. The van der Waals surface area contributed by atoms with Gasteiger partial charge >= 0.3 is 0 Å². The molecule has 0 amide bonds. The molecule has 2 heterocycles. The lowest BCUT2D eigenvalue weighted by Crippen LogP contribution is -2.27. The minimum absolute atomic E-state index is 0.162. The predicted octanol–water partition coefficient (Wildman–Crippen LogP) is 2.96. The third kappa shape index (κ3) is 4.04. The molecule has 4 heteroatoms. The summed E-state index contributed by atoms with van der Waals surface area (Å²) in [5, 5.41) is 6.92. The van der Waals surface area contributed by atoms with E-state index in [1.165, 1.54) is 23.5 Å². The van der Waals surface area contributed by atoms with Gasteiger partial charge in [-0.1, -0.05) is 20.8 Å². The summed E-state index contributed by atoms with van der Waals surface area (Å²) in [4.78, 5) is 4.70. The number of aromatic nitrogens is 1. The summed E-state index contributed by atoms with van der Waals surface area (Å²) in [6.07, 6.45) is 2.39. The lowest BCUT2D eigenvalue weighted by Gasteiger charge is -2.22. The van der Waals surface area contributed by atoms with Crippen molar-refractivity contribution in [1.29, 1.82) is 0 Å². The molecule has 1 aliphatic heterocycles. The number of ether oxygens (including phenoxy) is 1. The van der Waals surface area contributed by atoms with E-state index in [4.69, 9.17) is 9.72 Å². The first kappa shape index (κ1) is 14.0. The number of nitrogens with one attached hydrogen (secondary N) is 1. The van der Waals surface area contributed by atoms with Gasteiger partial charge in [0.25, 0.3) is 0 Å². The molecule has 0 atom stereocenters. The Kier molecular flexibility index (Phi) is 4.76. The van der Waals surface area contributed by atoms with Gasteiger partial charge in [-0.25, -0.2) is 4.98 Å². The van der Waals surface area contributed by atoms with Crippen molar-refractivity contribution in [2.75, 3.05) is 19.8 Å². The topological polar surface area (TPSA) is 34.1 Å². The first-order chi connectivity index (χ1) is 8.55. The van der Waals surface area contributed by atoms with E-state index in [9.17, 15) is 0 Å². The van der Waals surface area contributed by atoms with Crippen molar-refractivity contribution in [3.8, 4) is 0 Å². The van der Waals surface area contributed by atoms with Crippen LogP contribution in [0, 0.1) is 5.92 Å². The van der Waals surface area contributed by atoms with Crippen molar-refractivity contribution in [3.63, 3.8) is 0 Å². The third-order valence-corrected chi connectivity index (χ3v) is 4.22. The molecular weight excluding hydrogens is 244 g/mol. The fraction of sp³-hybridized carbons (Fsp3) is 0.786. The molecule has 1 N–H and O–H groups in total. The van der Waals surface area contributed by atoms with Crippen molar-refractivity contribution < 1.29 is 4.74 Å². The van der Waals surface area contributed by atoms with Gasteiger partial charge in [-0.2, -0.15) is 0 Å². The molecule has 0 unspecified atom stereocenters. The number of hydrogen-bond acceptors (Lipinski definition) is 4. The highest BCUT2D eigenvalue weighted by Gasteiger charge is 2.17. The molecule has 3 nitrogen and oxygen atoms in total. The van der Waals surface area contributed by atoms with Crippen LogP contribution in [-0.2, 0) is 16.7 Å². The summed E-state index contributed by atoms with van der Waals surface area (Å²) < 4.78 is 5.37. The Morgan fingerprint density at radius 3 is 2.72 bits per heavy atom. The molecule has 102 valence electrons. The Bertz CT molecular complexity index is 364. The first-order valence-electron chi connectivity index (χ1n) is 6.79. The molecule has 0 radical (unpaired) electrons. The maximum Gasteiger partial charge on any atom is 0.107 e. The molecule has 1 aliphatic rings. The minimum Gasteiger partial charge on any atom is -0.381 e. The second-order valence-electron chi connectivity index (χ2n) is 6.06. The second kappa shape index (κ2) is 6.13. The average Bonchev–Trinajstić information content (AvgIpc) is 2.79. The van der Waals surface area contributed by atoms with Crippen LogP contribution in [0.15, 0.2) is 5.38 Å². The van der Waals surface area contributed by atoms with E-state index >= 15 is 0 Å². The van der Waals surface area contributed by atoms with Gasteiger partial charge in [-0.3, -0.25) is 0 Å². The van der Waals surface area contributed by atoms with E-state index in [2.05, 4.69) is 31.5 Å². The number of rotatable bonds is 4. The van der Waals surface area contributed by atoms with Crippen LogP contribution in [0.4, 0.5) is 0 Å². The van der Waals surface area contributed by atoms with E-state index in [1.807, 2.05) is 0 Å². The fourth-order valence-electron chi connectivity index (χ4n) is 2.07. The molecule has 0 bridgehead atoms. The zero-order valence-electron chi connectivity index (χ0n) is 11.7. The Labute approximate surface area is 114 Å². The van der Waals surface area contributed by atoms with Crippen LogP contribution in [-0.4, -0.2) is 24.7 Å². The Hall–Kier alpha value is -0.450. The minimum atomic E-state index is 0.162. The third-order valence-electron chi connectivity index (χ3n) is 3.37. The molecule has 1 aromatic heterocycles. The first-order valence-corrected chi connectivity index (χ1v) is 7.67. The number of hydrogen-bond donors (Lipinski definition) is 1. The Morgan fingerprint density at radius 2 is 2.11 bits per heavy atom. The van der Waals surface area contributed by atoms with Crippen molar-refractivity contribution >= 4 is 11.3 Å². The molecule has 2 rings (SSSR count). The molecule has 0 spiro atoms. The van der Waals surface area contributed by atoms with Crippen LogP contribution in [0.1, 0.15) is 44.3 Å². The predicted molar refractivity (Wildman–Crippen MR) is 76.1 cm³/mol. The van der Waals surface area contributed by atoms with Gasteiger partial charge in [-0.15, -0.1) is 11.3 Å². The van der Waals surface area contributed by atoms with Gasteiger partial charge in [0.15, 0.2) is 0 Å². The summed E-state index contributed by atoms with van der Waals surface area (Å²) in [7, 11) is 0. The largest absolute Gasteiger partial charge is 0.381 e. The van der Waals surface area contributed by atoms with Gasteiger partial charge < -0.3 is 10.1 Å². The van der Waals surface area contributed by atoms with Crippen molar-refractivity contribution in [2.45, 2.75) is 45.6 Å². The summed E-state index contributed by atoms with van der Waals surface area (Å²) in [6.45, 7) is 10.5. The van der Waals surface area contributed by atoms with Crippen LogP contribution in [0.25, 0.3) is 0 Å².